The van der Waals surface area contributed by atoms with Crippen LogP contribution < -0.4 is 5.32 Å². The first-order valence-corrected chi connectivity index (χ1v) is 8.00. The molecule has 2 heterocycles. The van der Waals surface area contributed by atoms with Gasteiger partial charge in [-0.25, -0.2) is 0 Å². The van der Waals surface area contributed by atoms with E-state index in [1.807, 2.05) is 0 Å². The first-order chi connectivity index (χ1) is 10.1. The first kappa shape index (κ1) is 14.6. The van der Waals surface area contributed by atoms with Gasteiger partial charge in [0.2, 0.25) is 0 Å². The Hall–Kier alpha value is -1.32. The Labute approximate surface area is 126 Å². The van der Waals surface area contributed by atoms with Crippen molar-refractivity contribution in [2.75, 3.05) is 13.2 Å². The van der Waals surface area contributed by atoms with Gasteiger partial charge in [0.1, 0.15) is 11.3 Å². The highest BCUT2D eigenvalue weighted by Crippen LogP contribution is 2.39. The van der Waals surface area contributed by atoms with Gasteiger partial charge in [0.15, 0.2) is 0 Å². The Kier molecular flexibility index (Phi) is 4.05. The van der Waals surface area contributed by atoms with Crippen molar-refractivity contribution in [2.24, 2.45) is 0 Å². The van der Waals surface area contributed by atoms with Gasteiger partial charge in [-0.05, 0) is 57.9 Å². The van der Waals surface area contributed by atoms with Crippen LogP contribution in [0, 0.1) is 6.92 Å². The van der Waals surface area contributed by atoms with Crippen molar-refractivity contribution in [3.05, 3.63) is 35.6 Å². The SMILES string of the molecule is CCCNC(c1cc2cc(C)ccc2o1)C1(C)CCCO1. The third-order valence-electron chi connectivity index (χ3n) is 4.43. The molecule has 3 rings (SSSR count). The minimum atomic E-state index is -0.169. The summed E-state index contributed by atoms with van der Waals surface area (Å²) in [6.45, 7) is 8.32. The topological polar surface area (TPSA) is 34.4 Å². The fourth-order valence-electron chi connectivity index (χ4n) is 3.26. The number of fused-ring (bicyclic) bond motifs is 1. The number of ether oxygens (including phenoxy) is 1. The smallest absolute Gasteiger partial charge is 0.134 e. The second-order valence-corrected chi connectivity index (χ2v) is 6.34. The van der Waals surface area contributed by atoms with Crippen molar-refractivity contribution >= 4 is 11.0 Å². The maximum absolute atomic E-state index is 6.12. The third kappa shape index (κ3) is 2.85. The third-order valence-corrected chi connectivity index (χ3v) is 4.43. The lowest BCUT2D eigenvalue weighted by atomic mass is 9.91. The van der Waals surface area contributed by atoms with Gasteiger partial charge < -0.3 is 14.5 Å². The van der Waals surface area contributed by atoms with E-state index in [0.717, 1.165) is 43.8 Å². The summed E-state index contributed by atoms with van der Waals surface area (Å²) in [5.41, 5.74) is 2.05. The fourth-order valence-corrected chi connectivity index (χ4v) is 3.26. The molecule has 3 heteroatoms. The van der Waals surface area contributed by atoms with Crippen molar-refractivity contribution in [3.63, 3.8) is 0 Å². The number of rotatable bonds is 5. The maximum Gasteiger partial charge on any atom is 0.134 e. The number of hydrogen-bond donors (Lipinski definition) is 1. The van der Waals surface area contributed by atoms with E-state index in [-0.39, 0.29) is 11.6 Å². The Morgan fingerprint density at radius 1 is 1.33 bits per heavy atom. The van der Waals surface area contributed by atoms with E-state index in [4.69, 9.17) is 9.15 Å². The van der Waals surface area contributed by atoms with Crippen LogP contribution >= 0.6 is 0 Å². The summed E-state index contributed by atoms with van der Waals surface area (Å²) in [7, 11) is 0. The highest BCUT2D eigenvalue weighted by Gasteiger charge is 2.40. The second kappa shape index (κ2) is 5.82. The Bertz CT molecular complexity index is 611. The molecule has 114 valence electrons. The molecule has 1 aromatic heterocycles. The van der Waals surface area contributed by atoms with Gasteiger partial charge in [-0.1, -0.05) is 18.6 Å². The predicted molar refractivity (Wildman–Crippen MR) is 85.6 cm³/mol. The van der Waals surface area contributed by atoms with E-state index in [1.165, 1.54) is 10.9 Å². The molecule has 1 saturated heterocycles. The molecule has 1 aliphatic heterocycles. The average molecular weight is 287 g/mol. The molecule has 0 radical (unpaired) electrons. The molecule has 1 aliphatic rings. The fraction of sp³-hybridized carbons (Fsp3) is 0.556. The van der Waals surface area contributed by atoms with Crippen LogP contribution in [-0.4, -0.2) is 18.8 Å². The quantitative estimate of drug-likeness (QED) is 0.887. The summed E-state index contributed by atoms with van der Waals surface area (Å²) in [4.78, 5) is 0. The van der Waals surface area contributed by atoms with E-state index < -0.39 is 0 Å². The van der Waals surface area contributed by atoms with Gasteiger partial charge in [-0.15, -0.1) is 0 Å². The largest absolute Gasteiger partial charge is 0.459 e. The molecule has 1 aromatic carbocycles. The minimum absolute atomic E-state index is 0.118. The molecule has 2 aromatic rings. The number of aryl methyl sites for hydroxylation is 1. The van der Waals surface area contributed by atoms with Crippen molar-refractivity contribution < 1.29 is 9.15 Å². The van der Waals surface area contributed by atoms with E-state index in [2.05, 4.69) is 50.4 Å². The molecule has 1 fully saturated rings. The molecule has 2 atom stereocenters. The lowest BCUT2D eigenvalue weighted by molar-refractivity contribution is -0.0177. The normalized spacial score (nSPS) is 23.8. The highest BCUT2D eigenvalue weighted by atomic mass is 16.5. The van der Waals surface area contributed by atoms with Gasteiger partial charge >= 0.3 is 0 Å². The van der Waals surface area contributed by atoms with Crippen LogP contribution in [0.3, 0.4) is 0 Å². The van der Waals surface area contributed by atoms with E-state index in [0.29, 0.717) is 0 Å². The predicted octanol–water partition coefficient (Wildman–Crippen LogP) is 4.35. The first-order valence-electron chi connectivity index (χ1n) is 8.00. The van der Waals surface area contributed by atoms with Crippen LogP contribution in [0.1, 0.15) is 50.5 Å². The van der Waals surface area contributed by atoms with Crippen molar-refractivity contribution in [1.82, 2.24) is 5.32 Å². The Balaban J connectivity index is 1.96. The van der Waals surface area contributed by atoms with Crippen molar-refractivity contribution in [1.29, 1.82) is 0 Å². The van der Waals surface area contributed by atoms with Crippen LogP contribution in [0.2, 0.25) is 0 Å². The second-order valence-electron chi connectivity index (χ2n) is 6.34. The zero-order valence-corrected chi connectivity index (χ0v) is 13.2. The maximum atomic E-state index is 6.12. The summed E-state index contributed by atoms with van der Waals surface area (Å²) < 4.78 is 12.2. The molecule has 3 nitrogen and oxygen atoms in total. The molecular weight excluding hydrogens is 262 g/mol. The molecule has 2 unspecified atom stereocenters. The number of benzene rings is 1. The van der Waals surface area contributed by atoms with Crippen LogP contribution in [0.15, 0.2) is 28.7 Å². The van der Waals surface area contributed by atoms with Gasteiger partial charge in [-0.2, -0.15) is 0 Å². The van der Waals surface area contributed by atoms with Crippen LogP contribution in [0.4, 0.5) is 0 Å². The molecule has 0 spiro atoms. The summed E-state index contributed by atoms with van der Waals surface area (Å²) in [6, 6.07) is 8.62. The molecule has 0 saturated carbocycles. The molecule has 0 bridgehead atoms. The summed E-state index contributed by atoms with van der Waals surface area (Å²) >= 11 is 0. The standard InChI is InChI=1S/C18H25NO2/c1-4-9-19-17(18(3)8-5-10-20-18)16-12-14-11-13(2)6-7-15(14)21-16/h6-7,11-12,17,19H,4-5,8-10H2,1-3H3. The summed E-state index contributed by atoms with van der Waals surface area (Å²) in [5, 5.41) is 4.80. The molecule has 0 aliphatic carbocycles. The molecule has 1 N–H and O–H groups in total. The van der Waals surface area contributed by atoms with Gasteiger partial charge in [0, 0.05) is 12.0 Å². The Morgan fingerprint density at radius 3 is 2.90 bits per heavy atom. The van der Waals surface area contributed by atoms with Crippen molar-refractivity contribution in [3.8, 4) is 0 Å². The highest BCUT2D eigenvalue weighted by molar-refractivity contribution is 5.78. The number of nitrogens with one attached hydrogen (secondary N) is 1. The van der Waals surface area contributed by atoms with Gasteiger partial charge in [0.25, 0.3) is 0 Å². The summed E-state index contributed by atoms with van der Waals surface area (Å²) in [5.74, 6) is 0.994. The number of hydrogen-bond acceptors (Lipinski definition) is 3. The minimum Gasteiger partial charge on any atom is -0.459 e. The van der Waals surface area contributed by atoms with Crippen LogP contribution in [-0.2, 0) is 4.74 Å². The molecule has 0 amide bonds. The zero-order valence-electron chi connectivity index (χ0n) is 13.2. The number of furan rings is 1. The Morgan fingerprint density at radius 2 is 2.19 bits per heavy atom. The van der Waals surface area contributed by atoms with E-state index >= 15 is 0 Å². The summed E-state index contributed by atoms with van der Waals surface area (Å²) in [6.07, 6.45) is 3.30. The van der Waals surface area contributed by atoms with Crippen LogP contribution in [0.5, 0.6) is 0 Å². The molecular formula is C18H25NO2. The van der Waals surface area contributed by atoms with Gasteiger partial charge in [-0.3, -0.25) is 0 Å². The van der Waals surface area contributed by atoms with E-state index in [1.54, 1.807) is 0 Å². The lowest BCUT2D eigenvalue weighted by Crippen LogP contribution is -2.41. The average Bonchev–Trinajstić information content (AvgIpc) is 3.06. The molecule has 21 heavy (non-hydrogen) atoms. The van der Waals surface area contributed by atoms with Gasteiger partial charge in [0.05, 0.1) is 11.6 Å². The monoisotopic (exact) mass is 287 g/mol. The zero-order chi connectivity index (χ0) is 14.9. The lowest BCUT2D eigenvalue weighted by Gasteiger charge is -2.32. The van der Waals surface area contributed by atoms with Crippen molar-refractivity contribution in [2.45, 2.75) is 51.7 Å². The van der Waals surface area contributed by atoms with Crippen LogP contribution in [0.25, 0.3) is 11.0 Å². The van der Waals surface area contributed by atoms with E-state index in [9.17, 15) is 0 Å².